The number of carbonyl (C=O) groups is 1. The monoisotopic (exact) mass is 590 g/mol. The molecule has 0 spiro atoms. The number of ether oxygens (including phenoxy) is 2. The van der Waals surface area contributed by atoms with Gasteiger partial charge in [0.2, 0.25) is 11.7 Å². The number of aryl methyl sites for hydroxylation is 2. The molecule has 4 aromatic rings. The molecular formula is C32H36F2N6O3. The summed E-state index contributed by atoms with van der Waals surface area (Å²) in [6, 6.07) is 10.2. The van der Waals surface area contributed by atoms with E-state index in [9.17, 15) is 13.6 Å². The lowest BCUT2D eigenvalue weighted by molar-refractivity contribution is 0.0398. The molecule has 2 aliphatic rings. The lowest BCUT2D eigenvalue weighted by atomic mass is 10.0. The topological polar surface area (TPSA) is 93.0 Å². The van der Waals surface area contributed by atoms with E-state index in [2.05, 4.69) is 25.6 Å². The Morgan fingerprint density at radius 3 is 2.70 bits per heavy atom. The van der Waals surface area contributed by atoms with Gasteiger partial charge in [0.05, 0.1) is 30.8 Å². The van der Waals surface area contributed by atoms with E-state index in [-0.39, 0.29) is 23.6 Å². The molecule has 2 aromatic heterocycles. The van der Waals surface area contributed by atoms with E-state index in [0.29, 0.717) is 54.3 Å². The number of fused-ring (bicyclic) bond motifs is 1. The summed E-state index contributed by atoms with van der Waals surface area (Å²) in [6.45, 7) is 8.44. The quantitative estimate of drug-likeness (QED) is 0.243. The van der Waals surface area contributed by atoms with Crippen LogP contribution in [0.1, 0.15) is 47.7 Å². The van der Waals surface area contributed by atoms with Crippen LogP contribution in [-0.4, -0.2) is 70.8 Å². The Kier molecular flexibility index (Phi) is 8.53. The van der Waals surface area contributed by atoms with Crippen LogP contribution in [0.3, 0.4) is 0 Å². The summed E-state index contributed by atoms with van der Waals surface area (Å²) in [7, 11) is 0. The average molecular weight is 591 g/mol. The van der Waals surface area contributed by atoms with Gasteiger partial charge in [-0.2, -0.15) is 4.39 Å². The second-order valence-electron chi connectivity index (χ2n) is 11.2. The fraction of sp³-hybridized carbons (Fsp3) is 0.406. The molecule has 1 aliphatic carbocycles. The lowest BCUT2D eigenvalue weighted by Gasteiger charge is -2.26. The van der Waals surface area contributed by atoms with Gasteiger partial charge in [0, 0.05) is 49.4 Å². The number of hydrogen-bond donors (Lipinski definition) is 2. The highest BCUT2D eigenvalue weighted by molar-refractivity contribution is 5.96. The van der Waals surface area contributed by atoms with Crippen LogP contribution < -0.4 is 15.4 Å². The average Bonchev–Trinajstić information content (AvgIpc) is 3.71. The van der Waals surface area contributed by atoms with E-state index in [1.165, 1.54) is 12.1 Å². The van der Waals surface area contributed by atoms with Crippen molar-refractivity contribution in [3.63, 3.8) is 0 Å². The molecule has 11 heteroatoms. The third-order valence-corrected chi connectivity index (χ3v) is 7.78. The number of imidazole rings is 1. The maximum absolute atomic E-state index is 14.8. The summed E-state index contributed by atoms with van der Waals surface area (Å²) in [5.74, 6) is -2.24. The highest BCUT2D eigenvalue weighted by atomic mass is 19.2. The van der Waals surface area contributed by atoms with Crippen molar-refractivity contribution in [1.29, 1.82) is 0 Å². The molecule has 0 unspecified atom stereocenters. The summed E-state index contributed by atoms with van der Waals surface area (Å²) in [5, 5.41) is 11.1. The summed E-state index contributed by atoms with van der Waals surface area (Å²) < 4.78 is 42.3. The van der Waals surface area contributed by atoms with Gasteiger partial charge in [-0.15, -0.1) is 5.10 Å². The summed E-state index contributed by atoms with van der Waals surface area (Å²) >= 11 is 0. The van der Waals surface area contributed by atoms with Gasteiger partial charge in [-0.25, -0.2) is 13.9 Å². The molecule has 0 radical (unpaired) electrons. The van der Waals surface area contributed by atoms with Gasteiger partial charge in [0.15, 0.2) is 17.2 Å². The Hall–Kier alpha value is -4.09. The Balaban J connectivity index is 1.34. The first-order valence-corrected chi connectivity index (χ1v) is 14.9. The highest BCUT2D eigenvalue weighted by Crippen LogP contribution is 2.32. The Morgan fingerprint density at radius 1 is 1.14 bits per heavy atom. The minimum absolute atomic E-state index is 0.0789. The number of nitrogens with one attached hydrogen (secondary N) is 2. The number of rotatable bonds is 11. The first-order chi connectivity index (χ1) is 20.9. The van der Waals surface area contributed by atoms with Crippen molar-refractivity contribution in [3.05, 3.63) is 70.9 Å². The molecule has 2 aromatic carbocycles. The second-order valence-corrected chi connectivity index (χ2v) is 11.2. The number of hydrogen-bond acceptors (Lipinski definition) is 7. The van der Waals surface area contributed by atoms with Crippen LogP contribution in [-0.2, 0) is 11.2 Å². The molecule has 1 saturated heterocycles. The first-order valence-electron chi connectivity index (χ1n) is 14.9. The predicted molar refractivity (Wildman–Crippen MR) is 160 cm³/mol. The van der Waals surface area contributed by atoms with Crippen molar-refractivity contribution in [3.8, 4) is 22.9 Å². The van der Waals surface area contributed by atoms with E-state index in [4.69, 9.17) is 9.47 Å². The van der Waals surface area contributed by atoms with E-state index in [1.807, 2.05) is 26.0 Å². The van der Waals surface area contributed by atoms with Crippen LogP contribution in [0.2, 0.25) is 0 Å². The zero-order valence-electron chi connectivity index (χ0n) is 24.5. The second kappa shape index (κ2) is 12.6. The molecule has 3 heterocycles. The number of anilines is 1. The van der Waals surface area contributed by atoms with Gasteiger partial charge in [0.1, 0.15) is 0 Å². The molecule has 9 nitrogen and oxygen atoms in total. The molecule has 2 N–H and O–H groups in total. The number of amides is 1. The van der Waals surface area contributed by atoms with E-state index in [0.717, 1.165) is 50.0 Å². The van der Waals surface area contributed by atoms with Crippen molar-refractivity contribution in [2.75, 3.05) is 44.7 Å². The number of halogens is 2. The van der Waals surface area contributed by atoms with E-state index < -0.39 is 11.6 Å². The van der Waals surface area contributed by atoms with Gasteiger partial charge >= 0.3 is 0 Å². The van der Waals surface area contributed by atoms with E-state index in [1.54, 1.807) is 22.8 Å². The number of nitrogens with zero attached hydrogens (tertiary/aromatic N) is 4. The Bertz CT molecular complexity index is 1630. The molecule has 0 atom stereocenters. The molecule has 43 heavy (non-hydrogen) atoms. The molecule has 226 valence electrons. The molecule has 1 amide bonds. The maximum atomic E-state index is 14.8. The van der Waals surface area contributed by atoms with Gasteiger partial charge in [-0.05, 0) is 61.6 Å². The van der Waals surface area contributed by atoms with Crippen LogP contribution in [0.4, 0.5) is 14.5 Å². The fourth-order valence-corrected chi connectivity index (χ4v) is 5.30. The highest BCUT2D eigenvalue weighted by Gasteiger charge is 2.25. The minimum atomic E-state index is -1.06. The molecule has 1 saturated carbocycles. The molecule has 6 rings (SSSR count). The normalized spacial score (nSPS) is 15.5. The standard InChI is InChI=1S/C32H36F2N6O3/c1-3-4-21-16-25(33)30(34)28(17-21)43-29-18-26(35-9-10-39-11-13-42-14-12-39)31-36-19-27(40(31)38-29)22-5-8-24(20(2)15-22)32(41)37-23-6-7-23/h5,8,15-19,23,35H,3-4,6-7,9-14H2,1-2H3,(H,37,41). The summed E-state index contributed by atoms with van der Waals surface area (Å²) in [5.41, 5.74) is 4.77. The van der Waals surface area contributed by atoms with Gasteiger partial charge < -0.3 is 20.1 Å². The largest absolute Gasteiger partial charge is 0.434 e. The van der Waals surface area contributed by atoms with Crippen LogP contribution in [0, 0.1) is 18.6 Å². The number of carbonyl (C=O) groups excluding carboxylic acids is 1. The van der Waals surface area contributed by atoms with Crippen LogP contribution in [0.5, 0.6) is 11.6 Å². The smallest absolute Gasteiger partial charge is 0.251 e. The zero-order valence-corrected chi connectivity index (χ0v) is 24.5. The van der Waals surface area contributed by atoms with Crippen LogP contribution in [0.25, 0.3) is 16.9 Å². The first kappa shape index (κ1) is 29.0. The van der Waals surface area contributed by atoms with Crippen molar-refractivity contribution in [1.82, 2.24) is 24.8 Å². The van der Waals surface area contributed by atoms with Crippen LogP contribution >= 0.6 is 0 Å². The van der Waals surface area contributed by atoms with Crippen LogP contribution in [0.15, 0.2) is 42.6 Å². The van der Waals surface area contributed by atoms with Crippen molar-refractivity contribution < 1.29 is 23.0 Å². The number of benzene rings is 2. The number of aromatic nitrogens is 3. The lowest BCUT2D eigenvalue weighted by Crippen LogP contribution is -2.39. The maximum Gasteiger partial charge on any atom is 0.251 e. The molecule has 2 fully saturated rings. The van der Waals surface area contributed by atoms with Gasteiger partial charge in [-0.1, -0.05) is 19.4 Å². The SMILES string of the molecule is CCCc1cc(F)c(F)c(Oc2cc(NCCN3CCOCC3)c3ncc(-c4ccc(C(=O)NC5CC5)c(C)c4)n3n2)c1. The summed E-state index contributed by atoms with van der Waals surface area (Å²) in [6.07, 6.45) is 5.12. The Morgan fingerprint density at radius 2 is 1.95 bits per heavy atom. The van der Waals surface area contributed by atoms with Crippen molar-refractivity contribution in [2.24, 2.45) is 0 Å². The third kappa shape index (κ3) is 6.62. The molecular weight excluding hydrogens is 554 g/mol. The molecule has 0 bridgehead atoms. The van der Waals surface area contributed by atoms with Gasteiger partial charge in [-0.3, -0.25) is 9.69 Å². The van der Waals surface area contributed by atoms with Crippen molar-refractivity contribution >= 4 is 17.2 Å². The zero-order chi connectivity index (χ0) is 29.9. The minimum Gasteiger partial charge on any atom is -0.434 e. The summed E-state index contributed by atoms with van der Waals surface area (Å²) in [4.78, 5) is 19.6. The Labute approximate surface area is 249 Å². The van der Waals surface area contributed by atoms with Gasteiger partial charge in [0.25, 0.3) is 5.91 Å². The predicted octanol–water partition coefficient (Wildman–Crippen LogP) is 5.36. The van der Waals surface area contributed by atoms with Crippen molar-refractivity contribution in [2.45, 2.75) is 45.6 Å². The third-order valence-electron chi connectivity index (χ3n) is 7.78. The molecule has 1 aliphatic heterocycles. The van der Waals surface area contributed by atoms with E-state index >= 15 is 0 Å². The fourth-order valence-electron chi connectivity index (χ4n) is 5.30. The number of morpholine rings is 1.